The number of hydrogen-bond donors (Lipinski definition) is 1. The van der Waals surface area contributed by atoms with Gasteiger partial charge in [0.25, 0.3) is 5.91 Å². The number of hydrogen-bond acceptors (Lipinski definition) is 5. The Balaban J connectivity index is 1.68. The maximum atomic E-state index is 13.4. The third kappa shape index (κ3) is 5.41. The van der Waals surface area contributed by atoms with Crippen LogP contribution in [0.4, 0.5) is 0 Å². The number of carbonyl (C=O) groups is 1. The fourth-order valence-corrected chi connectivity index (χ4v) is 4.64. The monoisotopic (exact) mass is 470 g/mol. The number of benzene rings is 3. The van der Waals surface area contributed by atoms with Crippen LogP contribution in [0.1, 0.15) is 22.3 Å². The molecule has 0 bridgehead atoms. The zero-order valence-electron chi connectivity index (χ0n) is 19.0. The molecular formula is C28H26N2O3S. The summed E-state index contributed by atoms with van der Waals surface area (Å²) >= 11 is 1.36. The van der Waals surface area contributed by atoms with Gasteiger partial charge in [0.15, 0.2) is 16.7 Å². The van der Waals surface area contributed by atoms with Gasteiger partial charge in [-0.05, 0) is 53.1 Å². The van der Waals surface area contributed by atoms with Crippen LogP contribution in [-0.4, -0.2) is 28.2 Å². The fraction of sp³-hybridized carbons (Fsp3) is 0.143. The summed E-state index contributed by atoms with van der Waals surface area (Å²) in [6.45, 7) is 4.69. The van der Waals surface area contributed by atoms with Crippen molar-refractivity contribution in [1.82, 2.24) is 4.90 Å². The molecule has 1 fully saturated rings. The van der Waals surface area contributed by atoms with E-state index in [9.17, 15) is 9.90 Å². The number of amides is 1. The van der Waals surface area contributed by atoms with Crippen LogP contribution in [0.15, 0.2) is 95.3 Å². The lowest BCUT2D eigenvalue weighted by atomic mass is 10.1. The smallest absolute Gasteiger partial charge is 0.267 e. The van der Waals surface area contributed by atoms with E-state index >= 15 is 0 Å². The summed E-state index contributed by atoms with van der Waals surface area (Å²) in [6.07, 6.45) is 4.03. The minimum absolute atomic E-state index is 0.0887. The number of rotatable bonds is 8. The van der Waals surface area contributed by atoms with Crippen LogP contribution in [0.5, 0.6) is 11.5 Å². The number of aliphatic imine (C=N–C) groups is 1. The first kappa shape index (κ1) is 23.4. The van der Waals surface area contributed by atoms with Gasteiger partial charge in [-0.25, -0.2) is 0 Å². The number of aromatic hydroxyl groups is 1. The summed E-state index contributed by atoms with van der Waals surface area (Å²) in [4.78, 5) is 20.5. The molecular weight excluding hydrogens is 444 g/mol. The van der Waals surface area contributed by atoms with E-state index in [2.05, 4.69) is 6.58 Å². The van der Waals surface area contributed by atoms with Gasteiger partial charge in [-0.2, -0.15) is 0 Å². The second-order valence-corrected chi connectivity index (χ2v) is 8.80. The first-order chi connectivity index (χ1) is 16.6. The van der Waals surface area contributed by atoms with Crippen molar-refractivity contribution in [3.63, 3.8) is 0 Å². The highest BCUT2D eigenvalue weighted by molar-refractivity contribution is 8.18. The summed E-state index contributed by atoms with van der Waals surface area (Å²) in [5, 5.41) is 11.1. The van der Waals surface area contributed by atoms with E-state index in [4.69, 9.17) is 9.73 Å². The van der Waals surface area contributed by atoms with Crippen molar-refractivity contribution in [3.05, 3.63) is 113 Å². The molecule has 0 aliphatic carbocycles. The summed E-state index contributed by atoms with van der Waals surface area (Å²) < 4.78 is 5.33. The second kappa shape index (κ2) is 10.9. The molecule has 1 N–H and O–H groups in total. The molecule has 172 valence electrons. The summed E-state index contributed by atoms with van der Waals surface area (Å²) in [5.74, 6) is 0.351. The quantitative estimate of drug-likeness (QED) is 0.334. The van der Waals surface area contributed by atoms with E-state index < -0.39 is 0 Å². The Labute approximate surface area is 204 Å². The molecule has 4 rings (SSSR count). The number of nitrogens with zero attached hydrogens (tertiary/aromatic N) is 2. The summed E-state index contributed by atoms with van der Waals surface area (Å²) in [7, 11) is 1.51. The van der Waals surface area contributed by atoms with Crippen molar-refractivity contribution >= 4 is 28.9 Å². The third-order valence-corrected chi connectivity index (χ3v) is 6.41. The Hall–Kier alpha value is -3.77. The van der Waals surface area contributed by atoms with Gasteiger partial charge in [-0.3, -0.25) is 14.7 Å². The molecule has 1 amide bonds. The number of ether oxygens (including phenoxy) is 1. The van der Waals surface area contributed by atoms with Crippen LogP contribution in [0, 0.1) is 0 Å². The van der Waals surface area contributed by atoms with E-state index in [1.807, 2.05) is 72.8 Å². The highest BCUT2D eigenvalue weighted by Crippen LogP contribution is 2.37. The molecule has 0 saturated carbocycles. The lowest BCUT2D eigenvalue weighted by Crippen LogP contribution is -2.28. The number of allylic oxidation sites excluding steroid dienone is 1. The molecule has 0 aromatic heterocycles. The van der Waals surface area contributed by atoms with Crippen LogP contribution in [0.2, 0.25) is 0 Å². The van der Waals surface area contributed by atoms with Crippen LogP contribution < -0.4 is 4.74 Å². The van der Waals surface area contributed by atoms with Crippen molar-refractivity contribution in [3.8, 4) is 11.5 Å². The Morgan fingerprint density at radius 2 is 1.74 bits per heavy atom. The molecule has 0 spiro atoms. The molecule has 1 aliphatic heterocycles. The van der Waals surface area contributed by atoms with Crippen molar-refractivity contribution in [2.75, 3.05) is 7.11 Å². The van der Waals surface area contributed by atoms with Crippen molar-refractivity contribution < 1.29 is 14.6 Å². The van der Waals surface area contributed by atoms with Gasteiger partial charge in [0.2, 0.25) is 0 Å². The highest BCUT2D eigenvalue weighted by atomic mass is 32.2. The molecule has 3 aromatic rings. The molecule has 0 radical (unpaired) electrons. The predicted octanol–water partition coefficient (Wildman–Crippen LogP) is 5.80. The lowest BCUT2D eigenvalue weighted by molar-refractivity contribution is -0.122. The minimum Gasteiger partial charge on any atom is -0.504 e. The Bertz CT molecular complexity index is 1240. The molecule has 1 aliphatic rings. The van der Waals surface area contributed by atoms with Gasteiger partial charge in [0.05, 0.1) is 25.1 Å². The molecule has 0 unspecified atom stereocenters. The predicted molar refractivity (Wildman–Crippen MR) is 139 cm³/mol. The average molecular weight is 471 g/mol. The number of thioether (sulfide) groups is 1. The number of phenols is 1. The number of amidine groups is 1. The van der Waals surface area contributed by atoms with E-state index in [0.29, 0.717) is 40.9 Å². The van der Waals surface area contributed by atoms with Crippen LogP contribution in [0.25, 0.3) is 6.08 Å². The maximum Gasteiger partial charge on any atom is 0.267 e. The normalized spacial score (nSPS) is 15.8. The summed E-state index contributed by atoms with van der Waals surface area (Å²) in [5.41, 5.74) is 3.57. The van der Waals surface area contributed by atoms with Gasteiger partial charge in [0, 0.05) is 5.56 Å². The van der Waals surface area contributed by atoms with Gasteiger partial charge in [-0.1, -0.05) is 66.7 Å². The lowest BCUT2D eigenvalue weighted by Gasteiger charge is -2.15. The molecule has 3 aromatic carbocycles. The second-order valence-electron chi connectivity index (χ2n) is 7.80. The van der Waals surface area contributed by atoms with Crippen LogP contribution in [-0.2, 0) is 24.3 Å². The van der Waals surface area contributed by atoms with E-state index in [0.717, 1.165) is 16.7 Å². The maximum absolute atomic E-state index is 13.4. The van der Waals surface area contributed by atoms with Gasteiger partial charge in [-0.15, -0.1) is 6.58 Å². The molecule has 1 saturated heterocycles. The largest absolute Gasteiger partial charge is 0.504 e. The van der Waals surface area contributed by atoms with E-state index in [1.165, 1.54) is 18.9 Å². The zero-order valence-corrected chi connectivity index (χ0v) is 19.8. The van der Waals surface area contributed by atoms with Crippen molar-refractivity contribution in [1.29, 1.82) is 0 Å². The molecule has 1 heterocycles. The fourth-order valence-electron chi connectivity index (χ4n) is 3.66. The standard InChI is InChI=1S/C28H26N2O3S/c1-3-10-23-15-22(16-24(33-2)26(23)31)17-25-27(32)30(19-21-13-8-5-9-14-21)28(34-25)29-18-20-11-6-4-7-12-20/h3-9,11-17,31H,1,10,18-19H2,2H3/b25-17+,29-28?. The van der Waals surface area contributed by atoms with E-state index in [1.54, 1.807) is 17.0 Å². The number of carbonyl (C=O) groups excluding carboxylic acids is 1. The molecule has 34 heavy (non-hydrogen) atoms. The molecule has 5 nitrogen and oxygen atoms in total. The Morgan fingerprint density at radius 3 is 2.38 bits per heavy atom. The highest BCUT2D eigenvalue weighted by Gasteiger charge is 2.33. The average Bonchev–Trinajstić information content (AvgIpc) is 3.15. The first-order valence-electron chi connectivity index (χ1n) is 10.9. The van der Waals surface area contributed by atoms with Crippen LogP contribution in [0.3, 0.4) is 0 Å². The third-order valence-electron chi connectivity index (χ3n) is 5.37. The summed E-state index contributed by atoms with van der Waals surface area (Å²) in [6, 6.07) is 23.4. The minimum atomic E-state index is -0.0991. The van der Waals surface area contributed by atoms with Crippen LogP contribution >= 0.6 is 11.8 Å². The molecule has 0 atom stereocenters. The topological polar surface area (TPSA) is 62.1 Å². The zero-order chi connectivity index (χ0) is 23.9. The van der Waals surface area contributed by atoms with Gasteiger partial charge in [0.1, 0.15) is 0 Å². The Kier molecular flexibility index (Phi) is 7.50. The Morgan fingerprint density at radius 1 is 1.06 bits per heavy atom. The molecule has 6 heteroatoms. The number of phenolic OH excluding ortho intramolecular Hbond substituents is 1. The van der Waals surface area contributed by atoms with Gasteiger partial charge >= 0.3 is 0 Å². The van der Waals surface area contributed by atoms with E-state index in [-0.39, 0.29) is 11.7 Å². The number of methoxy groups -OCH3 is 1. The van der Waals surface area contributed by atoms with Gasteiger partial charge < -0.3 is 9.84 Å². The van der Waals surface area contributed by atoms with Crippen molar-refractivity contribution in [2.45, 2.75) is 19.5 Å². The first-order valence-corrected chi connectivity index (χ1v) is 11.7. The van der Waals surface area contributed by atoms with Crippen molar-refractivity contribution in [2.24, 2.45) is 4.99 Å². The SMILES string of the molecule is C=CCc1cc(/C=C2/SC(=NCc3ccccc3)N(Cc3ccccc3)C2=O)cc(OC)c1O.